The fourth-order valence-corrected chi connectivity index (χ4v) is 1.83. The molecule has 0 saturated heterocycles. The van der Waals surface area contributed by atoms with Gasteiger partial charge in [-0.05, 0) is 48.5 Å². The zero-order valence-electron chi connectivity index (χ0n) is 17.7. The van der Waals surface area contributed by atoms with Crippen LogP contribution in [0.4, 0.5) is 21.0 Å². The molecule has 0 unspecified atom stereocenters. The summed E-state index contributed by atoms with van der Waals surface area (Å²) >= 11 is 0. The minimum atomic E-state index is -0.787. The molecule has 2 rings (SSSR count). The third-order valence-corrected chi connectivity index (χ3v) is 3.40. The molecule has 0 bridgehead atoms. The van der Waals surface area contributed by atoms with Crippen molar-refractivity contribution in [3.63, 3.8) is 0 Å². The Kier molecular flexibility index (Phi) is 13.0. The molecule has 0 radical (unpaired) electrons. The highest BCUT2D eigenvalue weighted by atomic mass is 16.8. The van der Waals surface area contributed by atoms with Crippen LogP contribution in [0.25, 0.3) is 0 Å². The van der Waals surface area contributed by atoms with Crippen LogP contribution in [-0.4, -0.2) is 63.7 Å². The molecular weight excluding hydrogens is 426 g/mol. The Labute approximate surface area is 185 Å². The van der Waals surface area contributed by atoms with Gasteiger partial charge in [0.05, 0.1) is 7.11 Å². The molecule has 0 aliphatic carbocycles. The molecule has 0 heterocycles. The molecule has 0 saturated carbocycles. The Morgan fingerprint density at radius 3 is 1.62 bits per heavy atom. The topological polar surface area (TPSA) is 157 Å². The van der Waals surface area contributed by atoms with Gasteiger partial charge >= 0.3 is 12.2 Å². The number of nitrogens with one attached hydrogen (secondary N) is 3. The number of benzene rings is 2. The van der Waals surface area contributed by atoms with Crippen LogP contribution in [-0.2, 0) is 23.7 Å². The lowest BCUT2D eigenvalue weighted by Crippen LogP contribution is -2.21. The highest BCUT2D eigenvalue weighted by Crippen LogP contribution is 2.14. The van der Waals surface area contributed by atoms with Gasteiger partial charge in [0.15, 0.2) is 13.6 Å². The van der Waals surface area contributed by atoms with Gasteiger partial charge in [-0.2, -0.15) is 0 Å². The Balaban J connectivity index is 0.000000320. The van der Waals surface area contributed by atoms with E-state index in [1.165, 1.54) is 14.2 Å². The number of alkyl carbamates (subject to hydrolysis) is 1. The first-order valence-corrected chi connectivity index (χ1v) is 9.21. The zero-order valence-corrected chi connectivity index (χ0v) is 17.7. The van der Waals surface area contributed by atoms with Gasteiger partial charge in [0, 0.05) is 18.4 Å². The van der Waals surface area contributed by atoms with Gasteiger partial charge in [0.25, 0.3) is 0 Å². The first kappa shape index (κ1) is 26.1. The summed E-state index contributed by atoms with van der Waals surface area (Å²) in [5.41, 5.74) is 1.59. The van der Waals surface area contributed by atoms with Gasteiger partial charge in [-0.25, -0.2) is 9.59 Å². The standard InChI is InChI=1S/C10H14N2O4.C10H13NO5/c1-11-10(14)16-7-15-6-12-8-2-4-9(13)5-3-8;1-14-10(13)16-7-15-6-11-8-2-4-9(12)5-3-8/h2-5,12-13H,6-7H2,1H3,(H,11,14);2-5,11-12H,6-7H2,1H3. The maximum absolute atomic E-state index is 10.6. The van der Waals surface area contributed by atoms with Crippen LogP contribution >= 0.6 is 0 Å². The smallest absolute Gasteiger partial charge is 0.508 e. The number of methoxy groups -OCH3 is 1. The van der Waals surface area contributed by atoms with E-state index in [-0.39, 0.29) is 38.5 Å². The number of carbonyl (C=O) groups is 2. The predicted octanol–water partition coefficient (Wildman–Crippen LogP) is 2.61. The van der Waals surface area contributed by atoms with E-state index in [1.807, 2.05) is 0 Å². The number of phenols is 2. The average molecular weight is 453 g/mol. The minimum absolute atomic E-state index is 0.120. The predicted molar refractivity (Wildman–Crippen MR) is 114 cm³/mol. The summed E-state index contributed by atoms with van der Waals surface area (Å²) < 4.78 is 23.2. The van der Waals surface area contributed by atoms with Crippen LogP contribution in [0.2, 0.25) is 0 Å². The second kappa shape index (κ2) is 15.9. The van der Waals surface area contributed by atoms with E-state index in [9.17, 15) is 9.59 Å². The molecule has 176 valence electrons. The van der Waals surface area contributed by atoms with Crippen molar-refractivity contribution in [1.82, 2.24) is 5.32 Å². The summed E-state index contributed by atoms with van der Waals surface area (Å²) in [7, 11) is 2.69. The van der Waals surface area contributed by atoms with Crippen LogP contribution in [0.1, 0.15) is 0 Å². The molecule has 2 aromatic rings. The minimum Gasteiger partial charge on any atom is -0.508 e. The first-order valence-electron chi connectivity index (χ1n) is 9.21. The van der Waals surface area contributed by atoms with Crippen molar-refractivity contribution in [2.24, 2.45) is 0 Å². The lowest BCUT2D eigenvalue weighted by Gasteiger charge is -2.07. The van der Waals surface area contributed by atoms with Gasteiger partial charge in [-0.3, -0.25) is 0 Å². The summed E-state index contributed by atoms with van der Waals surface area (Å²) in [5.74, 6) is 0.398. The van der Waals surface area contributed by atoms with Crippen LogP contribution in [0.3, 0.4) is 0 Å². The number of rotatable bonds is 10. The molecule has 0 spiro atoms. The van der Waals surface area contributed by atoms with Crippen LogP contribution in [0.5, 0.6) is 11.5 Å². The molecule has 0 aromatic heterocycles. The lowest BCUT2D eigenvalue weighted by molar-refractivity contribution is -0.0336. The van der Waals surface area contributed by atoms with E-state index in [2.05, 4.69) is 30.2 Å². The van der Waals surface area contributed by atoms with Gasteiger partial charge in [0.2, 0.25) is 0 Å². The molecule has 12 nitrogen and oxygen atoms in total. The summed E-state index contributed by atoms with van der Waals surface area (Å²) in [6.07, 6.45) is -1.32. The van der Waals surface area contributed by atoms with Gasteiger partial charge < -0.3 is 49.8 Å². The zero-order chi connectivity index (χ0) is 23.6. The Morgan fingerprint density at radius 2 is 1.22 bits per heavy atom. The molecule has 0 aliphatic rings. The molecule has 32 heavy (non-hydrogen) atoms. The molecule has 0 atom stereocenters. The maximum atomic E-state index is 10.6. The number of hydrogen-bond donors (Lipinski definition) is 5. The van der Waals surface area contributed by atoms with E-state index in [4.69, 9.17) is 19.7 Å². The molecule has 5 N–H and O–H groups in total. The van der Waals surface area contributed by atoms with Crippen LogP contribution in [0.15, 0.2) is 48.5 Å². The normalized spacial score (nSPS) is 9.56. The van der Waals surface area contributed by atoms with E-state index in [0.717, 1.165) is 11.4 Å². The molecule has 2 aromatic carbocycles. The number of phenolic OH excluding ortho intramolecular Hbond substituents is 2. The molecule has 12 heteroatoms. The number of ether oxygens (including phenoxy) is 5. The number of aromatic hydroxyl groups is 2. The summed E-state index contributed by atoms with van der Waals surface area (Å²) in [5, 5.41) is 26.2. The summed E-state index contributed by atoms with van der Waals surface area (Å²) in [6.45, 7) is 0.0893. The first-order chi connectivity index (χ1) is 15.4. The monoisotopic (exact) mass is 453 g/mol. The third-order valence-electron chi connectivity index (χ3n) is 3.40. The highest BCUT2D eigenvalue weighted by molar-refractivity contribution is 5.66. The van der Waals surface area contributed by atoms with Gasteiger partial charge in [0.1, 0.15) is 25.0 Å². The van der Waals surface area contributed by atoms with Crippen LogP contribution in [0, 0.1) is 0 Å². The quantitative estimate of drug-likeness (QED) is 0.156. The number of carbonyl (C=O) groups excluding carboxylic acids is 2. The molecule has 0 aliphatic heterocycles. The second-order valence-electron chi connectivity index (χ2n) is 5.66. The van der Waals surface area contributed by atoms with E-state index in [1.54, 1.807) is 48.5 Å². The Morgan fingerprint density at radius 1 is 0.781 bits per heavy atom. The number of anilines is 2. The molecule has 0 fully saturated rings. The Hall–Kier alpha value is -3.90. The number of amides is 1. The van der Waals surface area contributed by atoms with Crippen molar-refractivity contribution in [2.45, 2.75) is 0 Å². The van der Waals surface area contributed by atoms with Gasteiger partial charge in [-0.15, -0.1) is 0 Å². The summed E-state index contributed by atoms with van der Waals surface area (Å²) in [6, 6.07) is 13.0. The Bertz CT molecular complexity index is 718. The number of hydrogen-bond acceptors (Lipinski definition) is 11. The second-order valence-corrected chi connectivity index (χ2v) is 5.66. The average Bonchev–Trinajstić information content (AvgIpc) is 2.81. The van der Waals surface area contributed by atoms with Crippen molar-refractivity contribution < 1.29 is 43.5 Å². The third kappa shape index (κ3) is 12.6. The fourth-order valence-electron chi connectivity index (χ4n) is 1.83. The molecule has 1 amide bonds. The van der Waals surface area contributed by atoms with Gasteiger partial charge in [-0.1, -0.05) is 0 Å². The lowest BCUT2D eigenvalue weighted by atomic mass is 10.3. The maximum Gasteiger partial charge on any atom is 0.510 e. The largest absolute Gasteiger partial charge is 0.510 e. The van der Waals surface area contributed by atoms with Crippen molar-refractivity contribution in [2.75, 3.05) is 51.8 Å². The van der Waals surface area contributed by atoms with E-state index in [0.29, 0.717) is 0 Å². The van der Waals surface area contributed by atoms with E-state index < -0.39 is 12.2 Å². The van der Waals surface area contributed by atoms with Crippen molar-refractivity contribution in [1.29, 1.82) is 0 Å². The highest BCUT2D eigenvalue weighted by Gasteiger charge is 1.99. The van der Waals surface area contributed by atoms with Crippen molar-refractivity contribution in [3.8, 4) is 11.5 Å². The van der Waals surface area contributed by atoms with Crippen molar-refractivity contribution >= 4 is 23.6 Å². The fraction of sp³-hybridized carbons (Fsp3) is 0.300. The SMILES string of the molecule is CNC(=O)OCOCNc1ccc(O)cc1.COC(=O)OCOCNc1ccc(O)cc1. The molecular formula is C20H27N3O9. The van der Waals surface area contributed by atoms with E-state index >= 15 is 0 Å². The van der Waals surface area contributed by atoms with Crippen molar-refractivity contribution in [3.05, 3.63) is 48.5 Å². The van der Waals surface area contributed by atoms with Crippen LogP contribution < -0.4 is 16.0 Å². The summed E-state index contributed by atoms with van der Waals surface area (Å²) in [4.78, 5) is 21.1.